The van der Waals surface area contributed by atoms with Gasteiger partial charge in [-0.2, -0.15) is 5.10 Å². The summed E-state index contributed by atoms with van der Waals surface area (Å²) in [6.45, 7) is 2.67. The van der Waals surface area contributed by atoms with Gasteiger partial charge in [-0.1, -0.05) is 48.2 Å². The molecule has 4 aromatic rings. The molecule has 1 aliphatic heterocycles. The second kappa shape index (κ2) is 7.46. The highest BCUT2D eigenvalue weighted by Crippen LogP contribution is 2.28. The number of aromatic nitrogens is 4. The molecule has 0 fully saturated rings. The van der Waals surface area contributed by atoms with Gasteiger partial charge in [0.05, 0.1) is 17.6 Å². The first-order valence-electron chi connectivity index (χ1n) is 9.67. The molecule has 2 aromatic carbocycles. The Labute approximate surface area is 176 Å². The van der Waals surface area contributed by atoms with Crippen LogP contribution in [0.3, 0.4) is 0 Å². The molecule has 0 radical (unpaired) electrons. The van der Waals surface area contributed by atoms with E-state index in [0.717, 1.165) is 23.4 Å². The molecular formula is C22H19N5O2S. The molecule has 1 aliphatic rings. The van der Waals surface area contributed by atoms with Crippen molar-refractivity contribution in [2.45, 2.75) is 18.5 Å². The van der Waals surface area contributed by atoms with Crippen molar-refractivity contribution >= 4 is 34.4 Å². The molecule has 0 spiro atoms. The van der Waals surface area contributed by atoms with Gasteiger partial charge < -0.3 is 9.88 Å². The number of carbonyl (C=O) groups is 1. The number of H-pyrrole nitrogens is 1. The van der Waals surface area contributed by atoms with Crippen molar-refractivity contribution in [3.63, 3.8) is 0 Å². The van der Waals surface area contributed by atoms with Gasteiger partial charge in [0, 0.05) is 12.2 Å². The Morgan fingerprint density at radius 1 is 1.13 bits per heavy atom. The molecule has 0 aliphatic carbocycles. The van der Waals surface area contributed by atoms with E-state index in [2.05, 4.69) is 21.1 Å². The minimum Gasteiger partial charge on any atom is -0.311 e. The van der Waals surface area contributed by atoms with Gasteiger partial charge in [-0.3, -0.25) is 9.59 Å². The summed E-state index contributed by atoms with van der Waals surface area (Å²) in [6.07, 6.45) is 2.39. The van der Waals surface area contributed by atoms with Crippen LogP contribution in [0.5, 0.6) is 0 Å². The Morgan fingerprint density at radius 2 is 1.90 bits per heavy atom. The van der Waals surface area contributed by atoms with Crippen LogP contribution >= 0.6 is 11.8 Å². The maximum absolute atomic E-state index is 12.8. The second-order valence-corrected chi connectivity index (χ2v) is 8.13. The highest BCUT2D eigenvalue weighted by Gasteiger charge is 2.24. The van der Waals surface area contributed by atoms with E-state index < -0.39 is 0 Å². The number of aryl methyl sites for hydroxylation is 1. The first kappa shape index (κ1) is 18.6. The van der Waals surface area contributed by atoms with Gasteiger partial charge in [0.2, 0.25) is 5.91 Å². The molecule has 2 aromatic heterocycles. The third kappa shape index (κ3) is 3.19. The van der Waals surface area contributed by atoms with Crippen molar-refractivity contribution in [2.24, 2.45) is 0 Å². The maximum atomic E-state index is 12.8. The Hall–Kier alpha value is -3.39. The zero-order valence-electron chi connectivity index (χ0n) is 16.3. The molecule has 0 bridgehead atoms. The Kier molecular flexibility index (Phi) is 4.63. The van der Waals surface area contributed by atoms with E-state index >= 15 is 0 Å². The van der Waals surface area contributed by atoms with Gasteiger partial charge in [-0.25, -0.2) is 9.67 Å². The number of rotatable bonds is 4. The fourth-order valence-corrected chi connectivity index (χ4v) is 4.48. The van der Waals surface area contributed by atoms with Crippen molar-refractivity contribution in [1.29, 1.82) is 0 Å². The Bertz CT molecular complexity index is 1330. The molecule has 150 valence electrons. The third-order valence-electron chi connectivity index (χ3n) is 5.28. The number of nitrogens with zero attached hydrogens (tertiary/aromatic N) is 4. The van der Waals surface area contributed by atoms with Gasteiger partial charge in [0.25, 0.3) is 5.56 Å². The number of benzene rings is 2. The molecular weight excluding hydrogens is 398 g/mol. The monoisotopic (exact) mass is 417 g/mol. The second-order valence-electron chi connectivity index (χ2n) is 7.16. The number of fused-ring (bicyclic) bond motifs is 2. The molecule has 0 atom stereocenters. The fourth-order valence-electron chi connectivity index (χ4n) is 3.75. The lowest BCUT2D eigenvalue weighted by Crippen LogP contribution is -2.30. The molecule has 5 rings (SSSR count). The van der Waals surface area contributed by atoms with E-state index in [1.165, 1.54) is 23.5 Å². The van der Waals surface area contributed by atoms with Gasteiger partial charge >= 0.3 is 0 Å². The summed E-state index contributed by atoms with van der Waals surface area (Å²) >= 11 is 1.23. The van der Waals surface area contributed by atoms with E-state index in [1.54, 1.807) is 9.58 Å². The van der Waals surface area contributed by atoms with E-state index in [-0.39, 0.29) is 17.2 Å². The zero-order chi connectivity index (χ0) is 20.7. The van der Waals surface area contributed by atoms with Gasteiger partial charge in [-0.05, 0) is 36.6 Å². The van der Waals surface area contributed by atoms with Crippen molar-refractivity contribution in [2.75, 3.05) is 17.2 Å². The van der Waals surface area contributed by atoms with Crippen LogP contribution in [0.1, 0.15) is 11.1 Å². The number of nitrogens with one attached hydrogen (secondary N) is 1. The van der Waals surface area contributed by atoms with Gasteiger partial charge in [0.15, 0.2) is 10.8 Å². The molecule has 0 saturated heterocycles. The first-order chi connectivity index (χ1) is 14.6. The number of hydrogen-bond donors (Lipinski definition) is 1. The average Bonchev–Trinajstić information content (AvgIpc) is 3.37. The molecule has 0 saturated carbocycles. The predicted molar refractivity (Wildman–Crippen MR) is 117 cm³/mol. The number of anilines is 1. The SMILES string of the molecule is Cc1ccccc1-n1ncc2c(=O)[nH]c(SCC(=O)N3CCc4ccccc43)nc21. The zero-order valence-corrected chi connectivity index (χ0v) is 17.1. The summed E-state index contributed by atoms with van der Waals surface area (Å²) in [5.41, 5.74) is 4.27. The minimum atomic E-state index is -0.263. The van der Waals surface area contributed by atoms with Crippen LogP contribution in [-0.4, -0.2) is 38.0 Å². The Morgan fingerprint density at radius 3 is 2.73 bits per heavy atom. The van der Waals surface area contributed by atoms with E-state index in [4.69, 9.17) is 0 Å². The third-order valence-corrected chi connectivity index (χ3v) is 6.14. The van der Waals surface area contributed by atoms with Crippen LogP contribution in [0.25, 0.3) is 16.7 Å². The molecule has 30 heavy (non-hydrogen) atoms. The number of hydrogen-bond acceptors (Lipinski definition) is 5. The number of aromatic amines is 1. The number of para-hydroxylation sites is 2. The van der Waals surface area contributed by atoms with Crippen LogP contribution in [0.2, 0.25) is 0 Å². The summed E-state index contributed by atoms with van der Waals surface area (Å²) in [5, 5.41) is 5.19. The Balaban J connectivity index is 1.42. The van der Waals surface area contributed by atoms with Crippen LogP contribution in [0, 0.1) is 6.92 Å². The van der Waals surface area contributed by atoms with Crippen LogP contribution in [0.4, 0.5) is 5.69 Å². The highest BCUT2D eigenvalue weighted by molar-refractivity contribution is 7.99. The van der Waals surface area contributed by atoms with E-state index in [1.807, 2.05) is 49.4 Å². The standard InChI is InChI=1S/C22H19N5O2S/c1-14-6-2-4-8-17(14)27-20-16(12-23-27)21(29)25-22(24-20)30-13-19(28)26-11-10-15-7-3-5-9-18(15)26/h2-9,12H,10-11,13H2,1H3,(H,24,25,29). The highest BCUT2D eigenvalue weighted by atomic mass is 32.2. The van der Waals surface area contributed by atoms with Crippen LogP contribution < -0.4 is 10.5 Å². The van der Waals surface area contributed by atoms with Crippen molar-refractivity contribution < 1.29 is 4.79 Å². The van der Waals surface area contributed by atoms with Crippen LogP contribution in [0.15, 0.2) is 64.7 Å². The molecule has 7 nitrogen and oxygen atoms in total. The smallest absolute Gasteiger partial charge is 0.262 e. The fraction of sp³-hybridized carbons (Fsp3) is 0.182. The van der Waals surface area contributed by atoms with E-state index in [0.29, 0.717) is 22.7 Å². The quantitative estimate of drug-likeness (QED) is 0.407. The summed E-state index contributed by atoms with van der Waals surface area (Å²) in [4.78, 5) is 34.5. The van der Waals surface area contributed by atoms with Crippen LogP contribution in [-0.2, 0) is 11.2 Å². The largest absolute Gasteiger partial charge is 0.311 e. The summed E-state index contributed by atoms with van der Waals surface area (Å²) in [6, 6.07) is 15.7. The molecule has 3 heterocycles. The number of amides is 1. The van der Waals surface area contributed by atoms with Gasteiger partial charge in [0.1, 0.15) is 5.39 Å². The summed E-state index contributed by atoms with van der Waals surface area (Å²) < 4.78 is 1.67. The lowest BCUT2D eigenvalue weighted by atomic mass is 10.2. The molecule has 1 N–H and O–H groups in total. The topological polar surface area (TPSA) is 83.9 Å². The van der Waals surface area contributed by atoms with Crippen molar-refractivity contribution in [1.82, 2.24) is 19.7 Å². The number of thioether (sulfide) groups is 1. The number of carbonyl (C=O) groups excluding carboxylic acids is 1. The summed E-state index contributed by atoms with van der Waals surface area (Å²) in [5.74, 6) is 0.196. The lowest BCUT2D eigenvalue weighted by molar-refractivity contribution is -0.116. The molecule has 0 unspecified atom stereocenters. The maximum Gasteiger partial charge on any atom is 0.262 e. The lowest BCUT2D eigenvalue weighted by Gasteiger charge is -2.16. The average molecular weight is 417 g/mol. The van der Waals surface area contributed by atoms with Gasteiger partial charge in [-0.15, -0.1) is 0 Å². The first-order valence-corrected chi connectivity index (χ1v) is 10.7. The summed E-state index contributed by atoms with van der Waals surface area (Å²) in [7, 11) is 0. The predicted octanol–water partition coefficient (Wildman–Crippen LogP) is 3.10. The van der Waals surface area contributed by atoms with Crippen molar-refractivity contribution in [3.8, 4) is 5.69 Å². The molecule has 8 heteroatoms. The minimum absolute atomic E-state index is 0.0000994. The normalized spacial score (nSPS) is 13.0. The van der Waals surface area contributed by atoms with Crippen molar-refractivity contribution in [3.05, 3.63) is 76.2 Å². The molecule has 1 amide bonds. The van der Waals surface area contributed by atoms with E-state index in [9.17, 15) is 9.59 Å².